The second-order valence-corrected chi connectivity index (χ2v) is 9.11. The van der Waals surface area contributed by atoms with Crippen LogP contribution in [0.4, 0.5) is 5.69 Å². The number of rotatable bonds is 8. The maximum Gasteiger partial charge on any atom is 0.282 e. The third-order valence-electron chi connectivity index (χ3n) is 6.69. The molecular weight excluding hydrogens is 452 g/mol. The molecule has 36 heavy (non-hydrogen) atoms. The van der Waals surface area contributed by atoms with E-state index in [2.05, 4.69) is 17.6 Å². The van der Waals surface area contributed by atoms with Gasteiger partial charge in [-0.2, -0.15) is 0 Å². The fourth-order valence-electron chi connectivity index (χ4n) is 4.79. The Labute approximate surface area is 211 Å². The Hall–Kier alpha value is -4.06. The summed E-state index contributed by atoms with van der Waals surface area (Å²) >= 11 is 0. The number of benzene rings is 3. The van der Waals surface area contributed by atoms with E-state index in [1.165, 1.54) is 42.7 Å². The number of anilines is 1. The van der Waals surface area contributed by atoms with Gasteiger partial charge in [0, 0.05) is 5.56 Å². The first kappa shape index (κ1) is 23.7. The lowest BCUT2D eigenvalue weighted by molar-refractivity contribution is -0.117. The van der Waals surface area contributed by atoms with Gasteiger partial charge in [-0.1, -0.05) is 67.8 Å². The van der Waals surface area contributed by atoms with Crippen molar-refractivity contribution < 1.29 is 19.1 Å². The van der Waals surface area contributed by atoms with Crippen molar-refractivity contribution in [2.75, 3.05) is 18.2 Å². The molecule has 2 amide bonds. The SMILES string of the molecule is O=C1NN(c2ccccc2)C(=O)C1=Cc1ccccc1OCCOc1ccc(C2CCCCC2)cc1. The molecule has 3 aromatic carbocycles. The number of carbonyl (C=O) groups excluding carboxylic acids is 2. The molecule has 0 atom stereocenters. The van der Waals surface area contributed by atoms with Crippen LogP contribution >= 0.6 is 0 Å². The first-order chi connectivity index (χ1) is 17.7. The van der Waals surface area contributed by atoms with Crippen molar-refractivity contribution in [1.29, 1.82) is 0 Å². The maximum atomic E-state index is 12.9. The van der Waals surface area contributed by atoms with Gasteiger partial charge in [0.05, 0.1) is 5.69 Å². The molecule has 0 radical (unpaired) electrons. The van der Waals surface area contributed by atoms with Gasteiger partial charge in [-0.15, -0.1) is 0 Å². The Morgan fingerprint density at radius 3 is 2.28 bits per heavy atom. The van der Waals surface area contributed by atoms with Crippen molar-refractivity contribution in [2.24, 2.45) is 0 Å². The standard InChI is InChI=1S/C30H30N2O4/c33-29-27(30(34)32(31-29)25-12-5-2-6-13-25)21-24-11-7-8-14-28(24)36-20-19-35-26-17-15-23(16-18-26)22-9-3-1-4-10-22/h2,5-8,11-18,21-22H,1,3-4,9-10,19-20H2,(H,31,33). The molecule has 3 aromatic rings. The highest BCUT2D eigenvalue weighted by molar-refractivity contribution is 6.31. The number of nitrogens with one attached hydrogen (secondary N) is 1. The van der Waals surface area contributed by atoms with Crippen LogP contribution in [0.25, 0.3) is 6.08 Å². The lowest BCUT2D eigenvalue weighted by Gasteiger charge is -2.22. The molecule has 2 fully saturated rings. The van der Waals surface area contributed by atoms with E-state index in [-0.39, 0.29) is 5.57 Å². The fraction of sp³-hybridized carbons (Fsp3) is 0.267. The van der Waals surface area contributed by atoms with Crippen LogP contribution < -0.4 is 19.9 Å². The van der Waals surface area contributed by atoms with Crippen LogP contribution in [-0.2, 0) is 9.59 Å². The molecule has 1 saturated carbocycles. The fourth-order valence-corrected chi connectivity index (χ4v) is 4.79. The molecule has 5 rings (SSSR count). The molecule has 0 spiro atoms. The monoisotopic (exact) mass is 482 g/mol. The van der Waals surface area contributed by atoms with Gasteiger partial charge in [-0.25, -0.2) is 5.01 Å². The molecule has 1 saturated heterocycles. The third-order valence-corrected chi connectivity index (χ3v) is 6.69. The Morgan fingerprint density at radius 1 is 0.806 bits per heavy atom. The van der Waals surface area contributed by atoms with E-state index in [0.29, 0.717) is 36.1 Å². The largest absolute Gasteiger partial charge is 0.490 e. The molecule has 1 aliphatic carbocycles. The molecule has 1 N–H and O–H groups in total. The first-order valence-electron chi connectivity index (χ1n) is 12.6. The third kappa shape index (κ3) is 5.43. The zero-order chi connectivity index (χ0) is 24.7. The zero-order valence-corrected chi connectivity index (χ0v) is 20.2. The predicted octanol–water partition coefficient (Wildman–Crippen LogP) is 5.65. The molecule has 1 aliphatic heterocycles. The Kier molecular flexibility index (Phi) is 7.31. The summed E-state index contributed by atoms with van der Waals surface area (Å²) in [5.74, 6) is 1.23. The van der Waals surface area contributed by atoms with Crippen molar-refractivity contribution in [3.63, 3.8) is 0 Å². The summed E-state index contributed by atoms with van der Waals surface area (Å²) in [6.45, 7) is 0.718. The minimum absolute atomic E-state index is 0.0595. The van der Waals surface area contributed by atoms with E-state index in [1.807, 2.05) is 54.6 Å². The van der Waals surface area contributed by atoms with Crippen LogP contribution in [0.15, 0.2) is 84.4 Å². The van der Waals surface area contributed by atoms with Gasteiger partial charge < -0.3 is 9.47 Å². The minimum Gasteiger partial charge on any atom is -0.490 e. The van der Waals surface area contributed by atoms with Gasteiger partial charge >= 0.3 is 0 Å². The molecule has 0 bridgehead atoms. The van der Waals surface area contributed by atoms with Gasteiger partial charge in [-0.3, -0.25) is 15.0 Å². The Morgan fingerprint density at radius 2 is 1.50 bits per heavy atom. The number of nitrogens with zero attached hydrogens (tertiary/aromatic N) is 1. The van der Waals surface area contributed by atoms with E-state index in [0.717, 1.165) is 5.75 Å². The average Bonchev–Trinajstić information content (AvgIpc) is 3.21. The van der Waals surface area contributed by atoms with E-state index >= 15 is 0 Å². The van der Waals surface area contributed by atoms with E-state index in [4.69, 9.17) is 9.47 Å². The van der Waals surface area contributed by atoms with Crippen molar-refractivity contribution in [3.8, 4) is 11.5 Å². The predicted molar refractivity (Wildman–Crippen MR) is 140 cm³/mol. The van der Waals surface area contributed by atoms with Crippen LogP contribution in [0.2, 0.25) is 0 Å². The van der Waals surface area contributed by atoms with Gasteiger partial charge in [-0.05, 0) is 60.7 Å². The number of hydrogen-bond donors (Lipinski definition) is 1. The summed E-state index contributed by atoms with van der Waals surface area (Å²) in [7, 11) is 0. The zero-order valence-electron chi connectivity index (χ0n) is 20.2. The van der Waals surface area contributed by atoms with E-state index < -0.39 is 11.8 Å². The quantitative estimate of drug-likeness (QED) is 0.256. The lowest BCUT2D eigenvalue weighted by Crippen LogP contribution is -2.35. The summed E-state index contributed by atoms with van der Waals surface area (Å²) in [5.41, 5.74) is 5.34. The number of carbonyl (C=O) groups is 2. The molecule has 0 unspecified atom stereocenters. The molecule has 6 heteroatoms. The average molecular weight is 483 g/mol. The summed E-state index contributed by atoms with van der Waals surface area (Å²) in [6, 6.07) is 24.8. The van der Waals surface area contributed by atoms with Gasteiger partial charge in [0.25, 0.3) is 11.8 Å². The number of hydrogen-bond acceptors (Lipinski definition) is 4. The normalized spacial score (nSPS) is 17.3. The van der Waals surface area contributed by atoms with Gasteiger partial charge in [0.1, 0.15) is 30.3 Å². The second kappa shape index (κ2) is 11.1. The van der Waals surface area contributed by atoms with Crippen molar-refractivity contribution in [1.82, 2.24) is 5.43 Å². The summed E-state index contributed by atoms with van der Waals surface area (Å²) in [6.07, 6.45) is 8.13. The highest BCUT2D eigenvalue weighted by Crippen LogP contribution is 2.33. The Balaban J connectivity index is 1.19. The van der Waals surface area contributed by atoms with Crippen LogP contribution in [0.5, 0.6) is 11.5 Å². The topological polar surface area (TPSA) is 67.9 Å². The lowest BCUT2D eigenvalue weighted by atomic mass is 9.84. The molecule has 1 heterocycles. The number of ether oxygens (including phenoxy) is 2. The molecule has 184 valence electrons. The highest BCUT2D eigenvalue weighted by atomic mass is 16.5. The van der Waals surface area contributed by atoms with Crippen LogP contribution in [0.1, 0.15) is 49.1 Å². The number of para-hydroxylation sites is 2. The highest BCUT2D eigenvalue weighted by Gasteiger charge is 2.34. The van der Waals surface area contributed by atoms with Gasteiger partial charge in [0.15, 0.2) is 0 Å². The van der Waals surface area contributed by atoms with Crippen LogP contribution in [0, 0.1) is 0 Å². The number of hydrazine groups is 1. The first-order valence-corrected chi connectivity index (χ1v) is 12.6. The van der Waals surface area contributed by atoms with Crippen molar-refractivity contribution in [3.05, 3.63) is 95.6 Å². The smallest absolute Gasteiger partial charge is 0.282 e. The minimum atomic E-state index is -0.446. The summed E-state index contributed by atoms with van der Waals surface area (Å²) in [4.78, 5) is 25.4. The summed E-state index contributed by atoms with van der Waals surface area (Å²) in [5, 5.41) is 1.25. The number of amides is 2. The van der Waals surface area contributed by atoms with E-state index in [1.54, 1.807) is 18.2 Å². The summed E-state index contributed by atoms with van der Waals surface area (Å²) < 4.78 is 11.8. The second-order valence-electron chi connectivity index (χ2n) is 9.11. The van der Waals surface area contributed by atoms with Crippen molar-refractivity contribution in [2.45, 2.75) is 38.0 Å². The van der Waals surface area contributed by atoms with E-state index in [9.17, 15) is 9.59 Å². The molecule has 2 aliphatic rings. The molecule has 6 nitrogen and oxygen atoms in total. The Bertz CT molecular complexity index is 1230. The molecule has 0 aromatic heterocycles. The van der Waals surface area contributed by atoms with Gasteiger partial charge in [0.2, 0.25) is 0 Å². The van der Waals surface area contributed by atoms with Crippen LogP contribution in [0.3, 0.4) is 0 Å². The molecular formula is C30H30N2O4. The van der Waals surface area contributed by atoms with Crippen molar-refractivity contribution >= 4 is 23.6 Å². The maximum absolute atomic E-state index is 12.9. The van der Waals surface area contributed by atoms with Crippen LogP contribution in [-0.4, -0.2) is 25.0 Å².